The summed E-state index contributed by atoms with van der Waals surface area (Å²) in [7, 11) is 1.32. The van der Waals surface area contributed by atoms with Crippen LogP contribution in [0.15, 0.2) is 36.4 Å². The molecule has 1 saturated carbocycles. The van der Waals surface area contributed by atoms with Crippen LogP contribution in [0, 0.1) is 23.7 Å². The molecule has 1 heterocycles. The highest BCUT2D eigenvalue weighted by atomic mass is 16.5. The fourth-order valence-corrected chi connectivity index (χ4v) is 4.19. The van der Waals surface area contributed by atoms with Gasteiger partial charge in [-0.15, -0.1) is 0 Å². The maximum absolute atomic E-state index is 12.8. The molecule has 5 nitrogen and oxygen atoms in total. The first-order valence-corrected chi connectivity index (χ1v) is 7.86. The Kier molecular flexibility index (Phi) is 3.11. The zero-order chi connectivity index (χ0) is 16.1. The van der Waals surface area contributed by atoms with E-state index in [0.717, 1.165) is 12.8 Å². The molecule has 118 valence electrons. The Balaban J connectivity index is 1.67. The summed E-state index contributed by atoms with van der Waals surface area (Å²) in [4.78, 5) is 38.4. The monoisotopic (exact) mass is 311 g/mol. The van der Waals surface area contributed by atoms with E-state index in [4.69, 9.17) is 0 Å². The second-order valence-electron chi connectivity index (χ2n) is 6.39. The molecule has 5 heteroatoms. The third kappa shape index (κ3) is 1.96. The van der Waals surface area contributed by atoms with Gasteiger partial charge < -0.3 is 4.74 Å². The number of anilines is 1. The quantitative estimate of drug-likeness (QED) is 0.477. The van der Waals surface area contributed by atoms with Crippen molar-refractivity contribution in [3.63, 3.8) is 0 Å². The van der Waals surface area contributed by atoms with E-state index in [1.165, 1.54) is 12.0 Å². The molecule has 23 heavy (non-hydrogen) atoms. The van der Waals surface area contributed by atoms with Crippen molar-refractivity contribution in [1.29, 1.82) is 0 Å². The first kappa shape index (κ1) is 14.2. The summed E-state index contributed by atoms with van der Waals surface area (Å²) < 4.78 is 4.66. The number of imide groups is 1. The van der Waals surface area contributed by atoms with Gasteiger partial charge in [-0.3, -0.25) is 14.5 Å². The van der Waals surface area contributed by atoms with Gasteiger partial charge in [-0.25, -0.2) is 4.79 Å². The van der Waals surface area contributed by atoms with Crippen molar-refractivity contribution in [2.75, 3.05) is 12.0 Å². The Morgan fingerprint density at radius 2 is 1.52 bits per heavy atom. The van der Waals surface area contributed by atoms with Crippen molar-refractivity contribution < 1.29 is 19.1 Å². The van der Waals surface area contributed by atoms with Crippen LogP contribution in [-0.4, -0.2) is 24.9 Å². The molecule has 2 fully saturated rings. The zero-order valence-corrected chi connectivity index (χ0v) is 12.8. The summed E-state index contributed by atoms with van der Waals surface area (Å²) in [5, 5.41) is 0. The molecule has 2 amide bonds. The summed E-state index contributed by atoms with van der Waals surface area (Å²) in [5.41, 5.74) is 0.927. The Labute approximate surface area is 133 Å². The van der Waals surface area contributed by atoms with E-state index in [1.807, 2.05) is 0 Å². The van der Waals surface area contributed by atoms with E-state index in [1.54, 1.807) is 24.3 Å². The van der Waals surface area contributed by atoms with Crippen molar-refractivity contribution in [2.24, 2.45) is 23.7 Å². The molecular formula is C18H17NO4. The molecule has 4 atom stereocenters. The third-order valence-electron chi connectivity index (χ3n) is 5.31. The Bertz CT molecular complexity index is 689. The average molecular weight is 311 g/mol. The van der Waals surface area contributed by atoms with Crippen LogP contribution in [-0.2, 0) is 14.3 Å². The molecule has 0 radical (unpaired) electrons. The van der Waals surface area contributed by atoms with E-state index in [-0.39, 0.29) is 35.5 Å². The van der Waals surface area contributed by atoms with Crippen LogP contribution in [0.1, 0.15) is 23.2 Å². The summed E-state index contributed by atoms with van der Waals surface area (Å²) in [6.07, 6.45) is 6.17. The van der Waals surface area contributed by atoms with Crippen molar-refractivity contribution >= 4 is 23.5 Å². The van der Waals surface area contributed by atoms with Crippen LogP contribution in [0.3, 0.4) is 0 Å². The highest BCUT2D eigenvalue weighted by molar-refractivity contribution is 6.22. The van der Waals surface area contributed by atoms with Gasteiger partial charge in [0.05, 0.1) is 30.2 Å². The van der Waals surface area contributed by atoms with E-state index < -0.39 is 5.97 Å². The number of rotatable bonds is 2. The number of ether oxygens (including phenoxy) is 1. The number of fused-ring (bicyclic) bond motifs is 1. The van der Waals surface area contributed by atoms with Crippen LogP contribution in [0.25, 0.3) is 0 Å². The largest absolute Gasteiger partial charge is 0.465 e. The molecule has 0 aromatic heterocycles. The van der Waals surface area contributed by atoms with Gasteiger partial charge in [0.1, 0.15) is 0 Å². The van der Waals surface area contributed by atoms with Gasteiger partial charge >= 0.3 is 5.97 Å². The SMILES string of the molecule is COC(=O)c1ccc(N2C(=O)[C@@H]3[C@H](C2=O)[C@@H]2C=C[C@@H]3CC2)cc1. The molecule has 0 unspecified atom stereocenters. The maximum atomic E-state index is 12.8. The molecule has 5 rings (SSSR count). The normalized spacial score (nSPS) is 31.4. The standard InChI is InChI=1S/C18H17NO4/c1-23-18(22)12-6-8-13(9-7-12)19-16(20)14-10-2-3-11(5-4-10)15(14)17(19)21/h2-3,6-11,14-15H,4-5H2,1H3/t10-,11-,14-,15+/m1/s1. The summed E-state index contributed by atoms with van der Waals surface area (Å²) in [5.74, 6) is -0.721. The minimum atomic E-state index is -0.438. The lowest BCUT2D eigenvalue weighted by atomic mass is 9.63. The number of methoxy groups -OCH3 is 1. The number of allylic oxidation sites excluding steroid dienone is 2. The van der Waals surface area contributed by atoms with Crippen LogP contribution >= 0.6 is 0 Å². The number of benzene rings is 1. The molecular weight excluding hydrogens is 294 g/mol. The average Bonchev–Trinajstić information content (AvgIpc) is 2.89. The smallest absolute Gasteiger partial charge is 0.337 e. The fourth-order valence-electron chi connectivity index (χ4n) is 4.19. The number of carbonyl (C=O) groups is 3. The number of carbonyl (C=O) groups excluding carboxylic acids is 3. The second-order valence-corrected chi connectivity index (χ2v) is 6.39. The minimum absolute atomic E-state index is 0.107. The van der Waals surface area contributed by atoms with Gasteiger partial charge in [0.15, 0.2) is 0 Å². The molecule has 1 aromatic rings. The maximum Gasteiger partial charge on any atom is 0.337 e. The molecule has 1 aromatic carbocycles. The number of hydrogen-bond acceptors (Lipinski definition) is 4. The fraction of sp³-hybridized carbons (Fsp3) is 0.389. The van der Waals surface area contributed by atoms with Crippen molar-refractivity contribution in [3.8, 4) is 0 Å². The third-order valence-corrected chi connectivity index (χ3v) is 5.31. The number of hydrogen-bond donors (Lipinski definition) is 0. The Morgan fingerprint density at radius 3 is 1.96 bits per heavy atom. The zero-order valence-electron chi connectivity index (χ0n) is 12.8. The molecule has 0 N–H and O–H groups in total. The first-order chi connectivity index (χ1) is 11.1. The first-order valence-electron chi connectivity index (χ1n) is 7.86. The van der Waals surface area contributed by atoms with E-state index in [9.17, 15) is 14.4 Å². The molecule has 3 aliphatic carbocycles. The lowest BCUT2D eigenvalue weighted by molar-refractivity contribution is -0.124. The van der Waals surface area contributed by atoms with Gasteiger partial charge in [-0.05, 0) is 48.9 Å². The van der Waals surface area contributed by atoms with Gasteiger partial charge in [0.2, 0.25) is 11.8 Å². The Morgan fingerprint density at radius 1 is 1.00 bits per heavy atom. The molecule has 2 bridgehead atoms. The highest BCUT2D eigenvalue weighted by Crippen LogP contribution is 2.50. The second kappa shape index (κ2) is 5.05. The van der Waals surface area contributed by atoms with Crippen molar-refractivity contribution in [1.82, 2.24) is 0 Å². The van der Waals surface area contributed by atoms with Crippen LogP contribution in [0.4, 0.5) is 5.69 Å². The van der Waals surface area contributed by atoms with E-state index >= 15 is 0 Å². The lowest BCUT2D eigenvalue weighted by Crippen LogP contribution is -2.38. The van der Waals surface area contributed by atoms with Gasteiger partial charge in [-0.2, -0.15) is 0 Å². The summed E-state index contributed by atoms with van der Waals surface area (Å²) >= 11 is 0. The Hall–Kier alpha value is -2.43. The number of esters is 1. The highest BCUT2D eigenvalue weighted by Gasteiger charge is 2.56. The van der Waals surface area contributed by atoms with Gasteiger partial charge in [-0.1, -0.05) is 12.2 Å². The summed E-state index contributed by atoms with van der Waals surface area (Å²) in [6.45, 7) is 0. The van der Waals surface area contributed by atoms with Crippen molar-refractivity contribution in [2.45, 2.75) is 12.8 Å². The van der Waals surface area contributed by atoms with Gasteiger partial charge in [0.25, 0.3) is 0 Å². The number of amides is 2. The van der Waals surface area contributed by atoms with Crippen molar-refractivity contribution in [3.05, 3.63) is 42.0 Å². The van der Waals surface area contributed by atoms with Gasteiger partial charge in [0, 0.05) is 0 Å². The summed E-state index contributed by atoms with van der Waals surface area (Å²) in [6, 6.07) is 6.43. The molecule has 1 saturated heterocycles. The van der Waals surface area contributed by atoms with Crippen LogP contribution < -0.4 is 4.90 Å². The van der Waals surface area contributed by atoms with Crippen LogP contribution in [0.5, 0.6) is 0 Å². The lowest BCUT2D eigenvalue weighted by Gasteiger charge is -2.38. The van der Waals surface area contributed by atoms with Crippen LogP contribution in [0.2, 0.25) is 0 Å². The molecule has 0 spiro atoms. The predicted molar refractivity (Wildman–Crippen MR) is 82.6 cm³/mol. The predicted octanol–water partition coefficient (Wildman–Crippen LogP) is 2.17. The van der Waals surface area contributed by atoms with E-state index in [0.29, 0.717) is 11.3 Å². The topological polar surface area (TPSA) is 63.7 Å². The van der Waals surface area contributed by atoms with E-state index in [2.05, 4.69) is 16.9 Å². The number of nitrogens with zero attached hydrogens (tertiary/aromatic N) is 1. The minimum Gasteiger partial charge on any atom is -0.465 e. The molecule has 4 aliphatic rings. The molecule has 1 aliphatic heterocycles.